The van der Waals surface area contributed by atoms with E-state index in [-0.39, 0.29) is 34.5 Å². The van der Waals surface area contributed by atoms with Gasteiger partial charge in [-0.25, -0.2) is 4.98 Å². The SMILES string of the molecule is Cc1sc(C(=O)C2CC2)nc1C(=O)N(c1cc(F)nc(F)c1)C1CCC1(C)C. The first kappa shape index (κ1) is 19.1. The van der Waals surface area contributed by atoms with Crippen molar-refractivity contribution in [1.29, 1.82) is 0 Å². The Balaban J connectivity index is 1.74. The predicted molar refractivity (Wildman–Crippen MR) is 102 cm³/mol. The van der Waals surface area contributed by atoms with Crippen molar-refractivity contribution in [3.8, 4) is 0 Å². The summed E-state index contributed by atoms with van der Waals surface area (Å²) in [6, 6.07) is 1.91. The molecule has 2 fully saturated rings. The monoisotopic (exact) mass is 405 g/mol. The summed E-state index contributed by atoms with van der Waals surface area (Å²) in [5, 5.41) is 0.336. The fraction of sp³-hybridized carbons (Fsp3) is 0.500. The predicted octanol–water partition coefficient (Wildman–Crippen LogP) is 4.55. The molecule has 1 atom stereocenters. The van der Waals surface area contributed by atoms with Crippen LogP contribution in [-0.4, -0.2) is 27.7 Å². The minimum Gasteiger partial charge on any atom is -0.303 e. The van der Waals surface area contributed by atoms with E-state index in [4.69, 9.17) is 0 Å². The van der Waals surface area contributed by atoms with Crippen LogP contribution >= 0.6 is 11.3 Å². The topological polar surface area (TPSA) is 63.2 Å². The zero-order chi connectivity index (χ0) is 20.2. The molecule has 2 aromatic heterocycles. The summed E-state index contributed by atoms with van der Waals surface area (Å²) < 4.78 is 27.5. The van der Waals surface area contributed by atoms with E-state index in [9.17, 15) is 18.4 Å². The van der Waals surface area contributed by atoms with E-state index < -0.39 is 17.8 Å². The van der Waals surface area contributed by atoms with Gasteiger partial charge in [0.25, 0.3) is 5.91 Å². The van der Waals surface area contributed by atoms with E-state index in [1.807, 2.05) is 13.8 Å². The zero-order valence-corrected chi connectivity index (χ0v) is 16.8. The highest BCUT2D eigenvalue weighted by Crippen LogP contribution is 2.46. The third kappa shape index (κ3) is 3.34. The fourth-order valence-corrected chi connectivity index (χ4v) is 4.62. The molecule has 1 unspecified atom stereocenters. The Hall–Kier alpha value is -2.22. The Kier molecular flexibility index (Phi) is 4.56. The second-order valence-electron chi connectivity index (χ2n) is 8.25. The Bertz CT molecular complexity index is 948. The normalized spacial score (nSPS) is 20.5. The molecule has 2 aromatic rings. The van der Waals surface area contributed by atoms with Gasteiger partial charge in [-0.15, -0.1) is 11.3 Å². The number of rotatable bonds is 5. The third-order valence-electron chi connectivity index (χ3n) is 5.68. The van der Waals surface area contributed by atoms with Crippen molar-refractivity contribution in [2.45, 2.75) is 52.5 Å². The molecule has 148 valence electrons. The van der Waals surface area contributed by atoms with Crippen LogP contribution in [0.5, 0.6) is 0 Å². The quantitative estimate of drug-likeness (QED) is 0.541. The van der Waals surface area contributed by atoms with Crippen molar-refractivity contribution >= 4 is 28.7 Å². The van der Waals surface area contributed by atoms with Gasteiger partial charge in [-0.2, -0.15) is 13.8 Å². The summed E-state index contributed by atoms with van der Waals surface area (Å²) in [4.78, 5) is 35.3. The van der Waals surface area contributed by atoms with Gasteiger partial charge in [0.15, 0.2) is 10.8 Å². The van der Waals surface area contributed by atoms with E-state index >= 15 is 0 Å². The first-order valence-corrected chi connectivity index (χ1v) is 10.2. The van der Waals surface area contributed by atoms with Gasteiger partial charge < -0.3 is 4.90 Å². The largest absolute Gasteiger partial charge is 0.303 e. The van der Waals surface area contributed by atoms with E-state index in [0.29, 0.717) is 9.88 Å². The number of carbonyl (C=O) groups is 2. The number of halogens is 2. The van der Waals surface area contributed by atoms with E-state index in [1.54, 1.807) is 6.92 Å². The Morgan fingerprint density at radius 1 is 1.14 bits per heavy atom. The van der Waals surface area contributed by atoms with Crippen molar-refractivity contribution in [2.24, 2.45) is 11.3 Å². The van der Waals surface area contributed by atoms with Crippen molar-refractivity contribution < 1.29 is 18.4 Å². The van der Waals surface area contributed by atoms with Crippen LogP contribution in [-0.2, 0) is 0 Å². The van der Waals surface area contributed by atoms with Gasteiger partial charge in [-0.1, -0.05) is 13.8 Å². The van der Waals surface area contributed by atoms with E-state index in [1.165, 1.54) is 16.2 Å². The average Bonchev–Trinajstić information content (AvgIpc) is 3.38. The fourth-order valence-electron chi connectivity index (χ4n) is 3.69. The number of hydrogen-bond acceptors (Lipinski definition) is 5. The molecule has 2 aliphatic carbocycles. The molecule has 0 saturated heterocycles. The summed E-state index contributed by atoms with van der Waals surface area (Å²) in [5.74, 6) is -2.41. The molecule has 2 heterocycles. The number of carbonyl (C=O) groups excluding carboxylic acids is 2. The Morgan fingerprint density at radius 2 is 1.79 bits per heavy atom. The number of aromatic nitrogens is 2. The van der Waals surface area contributed by atoms with Crippen LogP contribution < -0.4 is 4.90 Å². The first-order valence-electron chi connectivity index (χ1n) is 9.35. The molecule has 2 saturated carbocycles. The van der Waals surface area contributed by atoms with Gasteiger partial charge >= 0.3 is 0 Å². The standard InChI is InChI=1S/C20H21F2N3O2S/c1-10-16(24-18(28-10)17(26)11-4-5-11)19(27)25(13-6-7-20(13,2)3)12-8-14(21)23-15(22)9-12/h8-9,11,13H,4-7H2,1-3H3. The highest BCUT2D eigenvalue weighted by Gasteiger charge is 2.46. The maximum atomic E-state index is 13.8. The lowest BCUT2D eigenvalue weighted by molar-refractivity contribution is 0.0845. The van der Waals surface area contributed by atoms with Crippen molar-refractivity contribution in [2.75, 3.05) is 4.90 Å². The lowest BCUT2D eigenvalue weighted by atomic mass is 9.66. The highest BCUT2D eigenvalue weighted by atomic mass is 32.1. The van der Waals surface area contributed by atoms with Gasteiger partial charge in [0.05, 0.1) is 5.69 Å². The first-order chi connectivity index (χ1) is 13.2. The molecule has 0 bridgehead atoms. The summed E-state index contributed by atoms with van der Waals surface area (Å²) in [6.45, 7) is 5.78. The summed E-state index contributed by atoms with van der Waals surface area (Å²) in [6.07, 6.45) is 3.34. The van der Waals surface area contributed by atoms with Gasteiger partial charge in [0.2, 0.25) is 11.9 Å². The van der Waals surface area contributed by atoms with Crippen LogP contribution in [0.25, 0.3) is 0 Å². The molecular formula is C20H21F2N3O2S. The maximum absolute atomic E-state index is 13.8. The summed E-state index contributed by atoms with van der Waals surface area (Å²) in [7, 11) is 0. The lowest BCUT2D eigenvalue weighted by Crippen LogP contribution is -2.55. The number of nitrogens with zero attached hydrogens (tertiary/aromatic N) is 3. The van der Waals surface area contributed by atoms with Crippen LogP contribution in [0.4, 0.5) is 14.5 Å². The average molecular weight is 405 g/mol. The molecule has 2 aliphatic rings. The number of hydrogen-bond donors (Lipinski definition) is 0. The minimum atomic E-state index is -0.982. The van der Waals surface area contributed by atoms with Gasteiger partial charge in [-0.05, 0) is 38.0 Å². The van der Waals surface area contributed by atoms with Crippen LogP contribution in [0.3, 0.4) is 0 Å². The summed E-state index contributed by atoms with van der Waals surface area (Å²) in [5.41, 5.74) is 0.104. The van der Waals surface area contributed by atoms with Gasteiger partial charge in [-0.3, -0.25) is 9.59 Å². The van der Waals surface area contributed by atoms with E-state index in [2.05, 4.69) is 9.97 Å². The van der Waals surface area contributed by atoms with Crippen molar-refractivity contribution in [1.82, 2.24) is 9.97 Å². The molecular weight excluding hydrogens is 384 g/mol. The van der Waals surface area contributed by atoms with Crippen molar-refractivity contribution in [3.05, 3.63) is 39.6 Å². The highest BCUT2D eigenvalue weighted by molar-refractivity contribution is 7.13. The molecule has 8 heteroatoms. The number of amides is 1. The number of pyridine rings is 1. The molecule has 0 radical (unpaired) electrons. The number of aryl methyl sites for hydroxylation is 1. The van der Waals surface area contributed by atoms with Gasteiger partial charge in [0, 0.05) is 29.0 Å². The molecule has 0 N–H and O–H groups in total. The molecule has 0 aromatic carbocycles. The zero-order valence-electron chi connectivity index (χ0n) is 16.0. The third-order valence-corrected chi connectivity index (χ3v) is 6.66. The minimum absolute atomic E-state index is 0.0126. The maximum Gasteiger partial charge on any atom is 0.278 e. The molecule has 0 aliphatic heterocycles. The summed E-state index contributed by atoms with van der Waals surface area (Å²) >= 11 is 1.21. The molecule has 0 spiro atoms. The second-order valence-corrected chi connectivity index (χ2v) is 9.45. The van der Waals surface area contributed by atoms with Crippen LogP contribution in [0.2, 0.25) is 0 Å². The number of ketones is 1. The Labute approximate surface area is 165 Å². The Morgan fingerprint density at radius 3 is 2.29 bits per heavy atom. The smallest absolute Gasteiger partial charge is 0.278 e. The molecule has 1 amide bonds. The van der Waals surface area contributed by atoms with Gasteiger partial charge in [0.1, 0.15) is 5.69 Å². The number of anilines is 1. The van der Waals surface area contributed by atoms with E-state index in [0.717, 1.165) is 37.8 Å². The molecule has 4 rings (SSSR count). The van der Waals surface area contributed by atoms with Crippen LogP contribution in [0.1, 0.15) is 64.7 Å². The second kappa shape index (κ2) is 6.69. The lowest BCUT2D eigenvalue weighted by Gasteiger charge is -2.50. The molecule has 5 nitrogen and oxygen atoms in total. The number of thiazole rings is 1. The van der Waals surface area contributed by atoms with Crippen molar-refractivity contribution in [3.63, 3.8) is 0 Å². The van der Waals surface area contributed by atoms with Crippen LogP contribution in [0, 0.1) is 30.2 Å². The number of Topliss-reactive ketones (excluding diaryl/α,β-unsaturated/α-hetero) is 1. The van der Waals surface area contributed by atoms with Crippen LogP contribution in [0.15, 0.2) is 12.1 Å². The molecule has 28 heavy (non-hydrogen) atoms.